The van der Waals surface area contributed by atoms with Crippen LogP contribution in [0.25, 0.3) is 11.1 Å². The minimum absolute atomic E-state index is 0.234. The number of benzene rings is 2. The molecule has 4 rings (SSSR count). The van der Waals surface area contributed by atoms with Gasteiger partial charge in [-0.2, -0.15) is 13.2 Å². The summed E-state index contributed by atoms with van der Waals surface area (Å²) < 4.78 is 70.0. The van der Waals surface area contributed by atoms with E-state index < -0.39 is 32.7 Å². The molecule has 1 aliphatic rings. The minimum atomic E-state index is -4.86. The molecule has 190 valence electrons. The fourth-order valence-corrected chi connectivity index (χ4v) is 5.64. The number of carbonyl (C=O) groups excluding carboxylic acids is 1. The molecule has 0 aliphatic carbocycles. The first-order valence-electron chi connectivity index (χ1n) is 11.3. The van der Waals surface area contributed by atoms with E-state index in [1.165, 1.54) is 12.3 Å². The fourth-order valence-electron chi connectivity index (χ4n) is 4.13. The monoisotopic (exact) mass is 518 g/mol. The van der Waals surface area contributed by atoms with Crippen molar-refractivity contribution in [1.82, 2.24) is 14.6 Å². The number of aromatic nitrogens is 1. The predicted molar refractivity (Wildman–Crippen MR) is 130 cm³/mol. The molecule has 0 saturated carbocycles. The van der Waals surface area contributed by atoms with Gasteiger partial charge in [-0.25, -0.2) is 18.1 Å². The zero-order chi connectivity index (χ0) is 25.9. The van der Waals surface area contributed by atoms with Crippen LogP contribution < -0.4 is 10.0 Å². The lowest BCUT2D eigenvalue weighted by Gasteiger charge is -2.32. The summed E-state index contributed by atoms with van der Waals surface area (Å²) >= 11 is 0. The highest BCUT2D eigenvalue weighted by atomic mass is 32.2. The summed E-state index contributed by atoms with van der Waals surface area (Å²) in [5, 5.41) is 2.87. The Morgan fingerprint density at radius 2 is 1.69 bits per heavy atom. The van der Waals surface area contributed by atoms with Gasteiger partial charge >= 0.3 is 6.18 Å². The molecule has 0 atom stereocenters. The van der Waals surface area contributed by atoms with Gasteiger partial charge in [0.15, 0.2) is 0 Å². The Kier molecular flexibility index (Phi) is 7.32. The first kappa shape index (κ1) is 25.6. The van der Waals surface area contributed by atoms with E-state index in [4.69, 9.17) is 0 Å². The van der Waals surface area contributed by atoms with E-state index in [2.05, 4.69) is 15.0 Å². The van der Waals surface area contributed by atoms with Crippen LogP contribution in [-0.2, 0) is 16.2 Å². The third-order valence-electron chi connectivity index (χ3n) is 6.05. The number of halogens is 3. The summed E-state index contributed by atoms with van der Waals surface area (Å²) in [6, 6.07) is 14.4. The number of anilines is 1. The van der Waals surface area contributed by atoms with E-state index >= 15 is 0 Å². The third-order valence-corrected chi connectivity index (χ3v) is 7.63. The van der Waals surface area contributed by atoms with Gasteiger partial charge in [-0.3, -0.25) is 4.79 Å². The SMILES string of the molecule is CNc1ccc(C(=O)N2CCC(NS(=O)(=O)c3ccc(-c4ccccc4)cc3C(F)(F)F)CC2)cn1. The van der Waals surface area contributed by atoms with Crippen LogP contribution in [-0.4, -0.2) is 50.4 Å². The van der Waals surface area contributed by atoms with Gasteiger partial charge < -0.3 is 10.2 Å². The van der Waals surface area contributed by atoms with Crippen molar-refractivity contribution in [1.29, 1.82) is 0 Å². The average molecular weight is 519 g/mol. The molecule has 0 unspecified atom stereocenters. The quantitative estimate of drug-likeness (QED) is 0.505. The summed E-state index contributed by atoms with van der Waals surface area (Å²) in [7, 11) is -2.75. The van der Waals surface area contributed by atoms with Crippen molar-refractivity contribution >= 4 is 21.7 Å². The van der Waals surface area contributed by atoms with E-state index in [1.54, 1.807) is 54.4 Å². The number of pyridine rings is 1. The largest absolute Gasteiger partial charge is 0.417 e. The molecule has 1 aliphatic heterocycles. The van der Waals surface area contributed by atoms with E-state index in [9.17, 15) is 26.4 Å². The molecule has 1 amide bonds. The maximum Gasteiger partial charge on any atom is 0.417 e. The molecule has 1 saturated heterocycles. The Balaban J connectivity index is 1.48. The molecule has 3 aromatic rings. The number of piperidine rings is 1. The van der Waals surface area contributed by atoms with Crippen molar-refractivity contribution in [3.05, 3.63) is 78.0 Å². The highest BCUT2D eigenvalue weighted by molar-refractivity contribution is 7.89. The standard InChI is InChI=1S/C25H25F3N4O3S/c1-29-23-10-8-19(16-30-23)24(33)32-13-11-20(12-14-32)31-36(34,35)22-9-7-18(15-21(22)25(26,27)28)17-5-3-2-4-6-17/h2-10,15-16,20,31H,11-14H2,1H3,(H,29,30). The van der Waals surface area contributed by atoms with Crippen molar-refractivity contribution in [2.75, 3.05) is 25.5 Å². The molecule has 11 heteroatoms. The fraction of sp³-hybridized carbons (Fsp3) is 0.280. The number of amides is 1. The molecule has 2 heterocycles. The summed E-state index contributed by atoms with van der Waals surface area (Å²) in [6.45, 7) is 0.526. The third kappa shape index (κ3) is 5.68. The van der Waals surface area contributed by atoms with Crippen molar-refractivity contribution in [3.63, 3.8) is 0 Å². The maximum absolute atomic E-state index is 13.9. The lowest BCUT2D eigenvalue weighted by molar-refractivity contribution is -0.139. The maximum atomic E-state index is 13.9. The molecular weight excluding hydrogens is 493 g/mol. The van der Waals surface area contributed by atoms with Crippen molar-refractivity contribution in [2.45, 2.75) is 30.0 Å². The van der Waals surface area contributed by atoms with E-state index in [0.29, 0.717) is 16.9 Å². The molecule has 36 heavy (non-hydrogen) atoms. The summed E-state index contributed by atoms with van der Waals surface area (Å²) in [5.41, 5.74) is 0.00141. The van der Waals surface area contributed by atoms with Crippen LogP contribution in [0.15, 0.2) is 71.8 Å². The highest BCUT2D eigenvalue weighted by Crippen LogP contribution is 2.37. The highest BCUT2D eigenvalue weighted by Gasteiger charge is 2.38. The number of carbonyl (C=O) groups is 1. The molecule has 1 fully saturated rings. The van der Waals surface area contributed by atoms with Crippen molar-refractivity contribution in [3.8, 4) is 11.1 Å². The Hall–Kier alpha value is -3.44. The average Bonchev–Trinajstić information content (AvgIpc) is 2.88. The lowest BCUT2D eigenvalue weighted by Crippen LogP contribution is -2.46. The van der Waals surface area contributed by atoms with Gasteiger partial charge in [-0.1, -0.05) is 36.4 Å². The van der Waals surface area contributed by atoms with E-state index in [-0.39, 0.29) is 37.4 Å². The predicted octanol–water partition coefficient (Wildman–Crippen LogP) is 4.39. The van der Waals surface area contributed by atoms with Crippen LogP contribution in [0.5, 0.6) is 0 Å². The van der Waals surface area contributed by atoms with Gasteiger partial charge in [-0.15, -0.1) is 0 Å². The van der Waals surface area contributed by atoms with E-state index in [1.807, 2.05) is 0 Å². The second kappa shape index (κ2) is 10.3. The first-order chi connectivity index (χ1) is 17.1. The number of alkyl halides is 3. The zero-order valence-electron chi connectivity index (χ0n) is 19.4. The minimum Gasteiger partial charge on any atom is -0.373 e. The number of nitrogens with one attached hydrogen (secondary N) is 2. The van der Waals surface area contributed by atoms with Crippen molar-refractivity contribution in [2.24, 2.45) is 0 Å². The van der Waals surface area contributed by atoms with E-state index in [0.717, 1.165) is 12.1 Å². The van der Waals surface area contributed by atoms with Gasteiger partial charge in [0.25, 0.3) is 5.91 Å². The second-order valence-electron chi connectivity index (χ2n) is 8.44. The van der Waals surface area contributed by atoms with Crippen molar-refractivity contribution < 1.29 is 26.4 Å². The number of hydrogen-bond acceptors (Lipinski definition) is 5. The number of nitrogens with zero attached hydrogens (tertiary/aromatic N) is 2. The Bertz CT molecular complexity index is 1320. The normalized spacial score (nSPS) is 15.1. The number of likely N-dealkylation sites (tertiary alicyclic amines) is 1. The number of rotatable bonds is 6. The van der Waals surface area contributed by atoms with Crippen LogP contribution >= 0.6 is 0 Å². The van der Waals surface area contributed by atoms with Gasteiger partial charge in [0.2, 0.25) is 10.0 Å². The van der Waals surface area contributed by atoms with Gasteiger partial charge in [-0.05, 0) is 48.2 Å². The summed E-state index contributed by atoms with van der Waals surface area (Å²) in [5.74, 6) is 0.386. The van der Waals surface area contributed by atoms with Gasteiger partial charge in [0.05, 0.1) is 16.0 Å². The van der Waals surface area contributed by atoms with Crippen LogP contribution in [0, 0.1) is 0 Å². The second-order valence-corrected chi connectivity index (χ2v) is 10.1. The Morgan fingerprint density at radius 1 is 1.00 bits per heavy atom. The Morgan fingerprint density at radius 3 is 2.28 bits per heavy atom. The topological polar surface area (TPSA) is 91.4 Å². The van der Waals surface area contributed by atoms with Gasteiger partial charge in [0.1, 0.15) is 5.82 Å². The van der Waals surface area contributed by atoms with Crippen LogP contribution in [0.1, 0.15) is 28.8 Å². The van der Waals surface area contributed by atoms with Crippen LogP contribution in [0.4, 0.5) is 19.0 Å². The summed E-state index contributed by atoms with van der Waals surface area (Å²) in [4.78, 5) is 17.6. The molecule has 0 radical (unpaired) electrons. The molecule has 1 aromatic heterocycles. The molecule has 0 spiro atoms. The Labute approximate surface area is 207 Å². The van der Waals surface area contributed by atoms with Crippen LogP contribution in [0.3, 0.4) is 0 Å². The first-order valence-corrected chi connectivity index (χ1v) is 12.8. The molecule has 7 nitrogen and oxygen atoms in total. The zero-order valence-corrected chi connectivity index (χ0v) is 20.2. The number of hydrogen-bond donors (Lipinski definition) is 2. The van der Waals surface area contributed by atoms with Gasteiger partial charge in [0, 0.05) is 32.4 Å². The smallest absolute Gasteiger partial charge is 0.373 e. The number of sulfonamides is 1. The van der Waals surface area contributed by atoms with Crippen LogP contribution in [0.2, 0.25) is 0 Å². The molecular formula is C25H25F3N4O3S. The molecule has 2 N–H and O–H groups in total. The molecule has 2 aromatic carbocycles. The molecule has 0 bridgehead atoms. The lowest BCUT2D eigenvalue weighted by atomic mass is 10.0. The summed E-state index contributed by atoms with van der Waals surface area (Å²) in [6.07, 6.45) is -2.85.